The number of aromatic nitrogens is 5. The van der Waals surface area contributed by atoms with Gasteiger partial charge in [-0.05, 0) is 43.3 Å². The Labute approximate surface area is 154 Å². The van der Waals surface area contributed by atoms with Crippen molar-refractivity contribution in [2.45, 2.75) is 13.5 Å². The van der Waals surface area contributed by atoms with Crippen LogP contribution in [0, 0.1) is 0 Å². The lowest BCUT2D eigenvalue weighted by atomic mass is 10.2. The molecule has 0 aliphatic heterocycles. The van der Waals surface area contributed by atoms with Crippen molar-refractivity contribution < 1.29 is 8.94 Å². The molecule has 132 valence electrons. The van der Waals surface area contributed by atoms with Gasteiger partial charge >= 0.3 is 0 Å². The molecule has 0 fully saturated rings. The van der Waals surface area contributed by atoms with Crippen LogP contribution in [-0.4, -0.2) is 24.9 Å². The van der Waals surface area contributed by atoms with Gasteiger partial charge in [0, 0.05) is 23.9 Å². The van der Waals surface area contributed by atoms with Gasteiger partial charge in [-0.3, -0.25) is 4.68 Å². The van der Waals surface area contributed by atoms with Crippen molar-refractivity contribution in [3.63, 3.8) is 0 Å². The molecule has 3 aromatic heterocycles. The Bertz CT molecular complexity index is 1220. The molecule has 0 spiro atoms. The summed E-state index contributed by atoms with van der Waals surface area (Å²) in [6.07, 6.45) is 1.88. The van der Waals surface area contributed by atoms with Gasteiger partial charge in [-0.15, -0.1) is 0 Å². The first-order valence-corrected chi connectivity index (χ1v) is 8.64. The molecule has 7 heteroatoms. The van der Waals surface area contributed by atoms with Crippen LogP contribution >= 0.6 is 0 Å². The first-order valence-electron chi connectivity index (χ1n) is 8.64. The van der Waals surface area contributed by atoms with Gasteiger partial charge in [0.25, 0.3) is 5.89 Å². The van der Waals surface area contributed by atoms with Gasteiger partial charge in [0.1, 0.15) is 5.52 Å². The standard InChI is InChI=1S/C20H15N5O2/c1-2-25-11-10-15(23-25)20-22-18(24-27-20)14-8-9-17-16(12-14)21-19(26-17)13-6-4-3-5-7-13/h3-12H,2H2,1H3. The van der Waals surface area contributed by atoms with Crippen LogP contribution in [0.15, 0.2) is 69.7 Å². The van der Waals surface area contributed by atoms with E-state index >= 15 is 0 Å². The Morgan fingerprint density at radius 3 is 2.63 bits per heavy atom. The maximum atomic E-state index is 5.85. The first-order chi connectivity index (χ1) is 13.3. The predicted octanol–water partition coefficient (Wildman–Crippen LogP) is 4.43. The fourth-order valence-corrected chi connectivity index (χ4v) is 2.87. The lowest BCUT2D eigenvalue weighted by molar-refractivity contribution is 0.430. The minimum absolute atomic E-state index is 0.391. The molecule has 0 unspecified atom stereocenters. The number of hydrogen-bond donors (Lipinski definition) is 0. The molecule has 0 atom stereocenters. The van der Waals surface area contributed by atoms with Crippen molar-refractivity contribution in [3.8, 4) is 34.4 Å². The maximum absolute atomic E-state index is 5.85. The van der Waals surface area contributed by atoms with Crippen LogP contribution in [0.1, 0.15) is 6.92 Å². The summed E-state index contributed by atoms with van der Waals surface area (Å²) in [5.74, 6) is 1.46. The second-order valence-electron chi connectivity index (χ2n) is 6.05. The SMILES string of the molecule is CCn1ccc(-c2nc(-c3ccc4oc(-c5ccccc5)nc4c3)no2)n1. The molecule has 27 heavy (non-hydrogen) atoms. The summed E-state index contributed by atoms with van der Waals surface area (Å²) in [7, 11) is 0. The molecule has 0 radical (unpaired) electrons. The lowest BCUT2D eigenvalue weighted by Crippen LogP contribution is -1.93. The first kappa shape index (κ1) is 15.5. The minimum atomic E-state index is 0.391. The summed E-state index contributed by atoms with van der Waals surface area (Å²) in [6, 6.07) is 17.3. The number of fused-ring (bicyclic) bond motifs is 1. The molecule has 2 aromatic carbocycles. The Morgan fingerprint density at radius 1 is 0.926 bits per heavy atom. The highest BCUT2D eigenvalue weighted by Crippen LogP contribution is 2.28. The summed E-state index contributed by atoms with van der Waals surface area (Å²) in [5, 5.41) is 8.46. The van der Waals surface area contributed by atoms with E-state index in [2.05, 4.69) is 20.2 Å². The zero-order chi connectivity index (χ0) is 18.2. The molecular weight excluding hydrogens is 342 g/mol. The van der Waals surface area contributed by atoms with Crippen molar-refractivity contribution in [1.82, 2.24) is 24.9 Å². The predicted molar refractivity (Wildman–Crippen MR) is 99.6 cm³/mol. The maximum Gasteiger partial charge on any atom is 0.278 e. The summed E-state index contributed by atoms with van der Waals surface area (Å²) in [4.78, 5) is 9.04. The van der Waals surface area contributed by atoms with Crippen LogP contribution in [0.25, 0.3) is 45.5 Å². The molecular formula is C20H15N5O2. The minimum Gasteiger partial charge on any atom is -0.436 e. The van der Waals surface area contributed by atoms with Gasteiger partial charge in [0.15, 0.2) is 11.3 Å². The third-order valence-electron chi connectivity index (χ3n) is 4.28. The zero-order valence-corrected chi connectivity index (χ0v) is 14.5. The van der Waals surface area contributed by atoms with Crippen LogP contribution in [0.5, 0.6) is 0 Å². The van der Waals surface area contributed by atoms with Crippen LogP contribution in [-0.2, 0) is 6.54 Å². The topological polar surface area (TPSA) is 82.8 Å². The fourth-order valence-electron chi connectivity index (χ4n) is 2.87. The number of nitrogens with zero attached hydrogens (tertiary/aromatic N) is 5. The van der Waals surface area contributed by atoms with E-state index in [0.717, 1.165) is 23.2 Å². The number of benzene rings is 2. The summed E-state index contributed by atoms with van der Waals surface area (Å²) in [5.41, 5.74) is 3.85. The molecule has 0 amide bonds. The van der Waals surface area contributed by atoms with Crippen LogP contribution in [0.4, 0.5) is 0 Å². The second-order valence-corrected chi connectivity index (χ2v) is 6.05. The molecule has 0 saturated carbocycles. The lowest BCUT2D eigenvalue weighted by Gasteiger charge is -1.92. The molecule has 5 aromatic rings. The second kappa shape index (κ2) is 6.21. The zero-order valence-electron chi connectivity index (χ0n) is 14.5. The third-order valence-corrected chi connectivity index (χ3v) is 4.28. The van der Waals surface area contributed by atoms with E-state index < -0.39 is 0 Å². The monoisotopic (exact) mass is 357 g/mol. The smallest absolute Gasteiger partial charge is 0.278 e. The molecule has 5 rings (SSSR count). The number of hydrogen-bond acceptors (Lipinski definition) is 6. The van der Waals surface area contributed by atoms with Crippen molar-refractivity contribution >= 4 is 11.1 Å². The van der Waals surface area contributed by atoms with E-state index in [-0.39, 0.29) is 0 Å². The van der Waals surface area contributed by atoms with Gasteiger partial charge in [-0.1, -0.05) is 23.4 Å². The molecule has 0 aliphatic carbocycles. The quantitative estimate of drug-likeness (QED) is 0.473. The Balaban J connectivity index is 1.50. The summed E-state index contributed by atoms with van der Waals surface area (Å²) in [6.45, 7) is 2.81. The highest BCUT2D eigenvalue weighted by atomic mass is 16.5. The van der Waals surface area contributed by atoms with Crippen LogP contribution in [0.3, 0.4) is 0 Å². The highest BCUT2D eigenvalue weighted by Gasteiger charge is 2.15. The van der Waals surface area contributed by atoms with Gasteiger partial charge in [0.2, 0.25) is 11.7 Å². The average molecular weight is 357 g/mol. The van der Waals surface area contributed by atoms with E-state index in [1.54, 1.807) is 0 Å². The Morgan fingerprint density at radius 2 is 1.81 bits per heavy atom. The van der Waals surface area contributed by atoms with Gasteiger partial charge < -0.3 is 8.94 Å². The number of rotatable bonds is 4. The fraction of sp³-hybridized carbons (Fsp3) is 0.100. The van der Waals surface area contributed by atoms with E-state index in [1.807, 2.05) is 72.4 Å². The van der Waals surface area contributed by atoms with E-state index in [4.69, 9.17) is 8.94 Å². The van der Waals surface area contributed by atoms with Gasteiger partial charge in [0.05, 0.1) is 0 Å². The largest absolute Gasteiger partial charge is 0.436 e. The molecule has 0 N–H and O–H groups in total. The highest BCUT2D eigenvalue weighted by molar-refractivity contribution is 5.81. The average Bonchev–Trinajstić information content (AvgIpc) is 3.46. The number of oxazole rings is 1. The molecule has 7 nitrogen and oxygen atoms in total. The molecule has 0 saturated heterocycles. The van der Waals surface area contributed by atoms with Crippen molar-refractivity contribution in [3.05, 3.63) is 60.8 Å². The Kier molecular flexibility index (Phi) is 3.57. The molecule has 0 bridgehead atoms. The van der Waals surface area contributed by atoms with Crippen molar-refractivity contribution in [1.29, 1.82) is 0 Å². The van der Waals surface area contributed by atoms with Crippen molar-refractivity contribution in [2.24, 2.45) is 0 Å². The van der Waals surface area contributed by atoms with E-state index in [9.17, 15) is 0 Å². The molecule has 3 heterocycles. The normalized spacial score (nSPS) is 11.3. The van der Waals surface area contributed by atoms with E-state index in [0.29, 0.717) is 28.9 Å². The summed E-state index contributed by atoms with van der Waals surface area (Å²) < 4.78 is 13.0. The summed E-state index contributed by atoms with van der Waals surface area (Å²) >= 11 is 0. The van der Waals surface area contributed by atoms with E-state index in [1.165, 1.54) is 0 Å². The third kappa shape index (κ3) is 2.79. The number of aryl methyl sites for hydroxylation is 1. The Hall–Kier alpha value is -3.74. The molecule has 0 aliphatic rings. The van der Waals surface area contributed by atoms with Gasteiger partial charge in [-0.2, -0.15) is 10.1 Å². The van der Waals surface area contributed by atoms with Gasteiger partial charge in [-0.25, -0.2) is 4.98 Å². The van der Waals surface area contributed by atoms with Crippen LogP contribution < -0.4 is 0 Å². The van der Waals surface area contributed by atoms with Crippen LogP contribution in [0.2, 0.25) is 0 Å². The van der Waals surface area contributed by atoms with Crippen molar-refractivity contribution in [2.75, 3.05) is 0 Å².